The molecule has 4 rings (SSSR count). The molecular weight excluding hydrogens is 458 g/mol. The number of anilines is 1. The van der Waals surface area contributed by atoms with Gasteiger partial charge in [0.05, 0.1) is 17.1 Å². The zero-order valence-corrected chi connectivity index (χ0v) is 21.3. The number of carbonyl (C=O) groups is 1. The first-order valence-corrected chi connectivity index (χ1v) is 13.8. The van der Waals surface area contributed by atoms with Gasteiger partial charge in [-0.1, -0.05) is 6.07 Å². The number of hydrogen-bond donors (Lipinski definition) is 0. The highest BCUT2D eigenvalue weighted by Gasteiger charge is 2.31. The molecule has 33 heavy (non-hydrogen) atoms. The molecule has 0 atom stereocenters. The molecular formula is C23H33N5O3S2. The van der Waals surface area contributed by atoms with E-state index in [9.17, 15) is 13.2 Å². The summed E-state index contributed by atoms with van der Waals surface area (Å²) in [5.74, 6) is 0.0803. The molecule has 0 saturated carbocycles. The second-order valence-corrected chi connectivity index (χ2v) is 11.7. The van der Waals surface area contributed by atoms with E-state index in [1.54, 1.807) is 28.4 Å². The van der Waals surface area contributed by atoms with Crippen molar-refractivity contribution in [2.24, 2.45) is 0 Å². The SMILES string of the molecule is Cc1csc(N2CCCN(CC(=O)N3CCN(S(=O)(=O)c4ccc(C)c(C)c4)CC3)CC2)n1. The zero-order valence-electron chi connectivity index (χ0n) is 19.7. The van der Waals surface area contributed by atoms with Gasteiger partial charge in [-0.15, -0.1) is 11.3 Å². The Morgan fingerprint density at radius 1 is 0.970 bits per heavy atom. The van der Waals surface area contributed by atoms with Crippen molar-refractivity contribution in [1.29, 1.82) is 0 Å². The van der Waals surface area contributed by atoms with Crippen LogP contribution in [0.5, 0.6) is 0 Å². The monoisotopic (exact) mass is 491 g/mol. The number of rotatable bonds is 5. The number of aryl methyl sites for hydroxylation is 3. The zero-order chi connectivity index (χ0) is 23.6. The normalized spacial score (nSPS) is 19.0. The molecule has 0 N–H and O–H groups in total. The Morgan fingerprint density at radius 2 is 1.73 bits per heavy atom. The second kappa shape index (κ2) is 10.1. The Labute approximate surface area is 200 Å². The van der Waals surface area contributed by atoms with Crippen LogP contribution < -0.4 is 4.90 Å². The molecule has 2 saturated heterocycles. The average molecular weight is 492 g/mol. The van der Waals surface area contributed by atoms with Crippen LogP contribution in [-0.2, 0) is 14.8 Å². The van der Waals surface area contributed by atoms with E-state index in [4.69, 9.17) is 0 Å². The van der Waals surface area contributed by atoms with Crippen LogP contribution in [0.15, 0.2) is 28.5 Å². The number of hydrogen-bond acceptors (Lipinski definition) is 7. The van der Waals surface area contributed by atoms with Gasteiger partial charge in [-0.3, -0.25) is 9.69 Å². The molecule has 180 valence electrons. The lowest BCUT2D eigenvalue weighted by Gasteiger charge is -2.35. The maximum atomic E-state index is 13.0. The number of benzene rings is 1. The maximum Gasteiger partial charge on any atom is 0.243 e. The highest BCUT2D eigenvalue weighted by Crippen LogP contribution is 2.22. The summed E-state index contributed by atoms with van der Waals surface area (Å²) in [6.45, 7) is 11.3. The summed E-state index contributed by atoms with van der Waals surface area (Å²) in [6.07, 6.45) is 0.994. The van der Waals surface area contributed by atoms with Crippen molar-refractivity contribution in [1.82, 2.24) is 19.1 Å². The molecule has 0 spiro atoms. The van der Waals surface area contributed by atoms with Gasteiger partial charge in [-0.25, -0.2) is 13.4 Å². The molecule has 0 unspecified atom stereocenters. The van der Waals surface area contributed by atoms with Crippen LogP contribution in [0.2, 0.25) is 0 Å². The van der Waals surface area contributed by atoms with E-state index in [0.29, 0.717) is 37.6 Å². The third-order valence-electron chi connectivity index (χ3n) is 6.53. The predicted octanol–water partition coefficient (Wildman–Crippen LogP) is 2.11. The molecule has 0 radical (unpaired) electrons. The van der Waals surface area contributed by atoms with E-state index >= 15 is 0 Å². The van der Waals surface area contributed by atoms with Gasteiger partial charge < -0.3 is 9.80 Å². The Kier molecular flexibility index (Phi) is 7.37. The van der Waals surface area contributed by atoms with Crippen LogP contribution in [0.3, 0.4) is 0 Å². The highest BCUT2D eigenvalue weighted by atomic mass is 32.2. The third kappa shape index (κ3) is 5.56. The summed E-state index contributed by atoms with van der Waals surface area (Å²) in [4.78, 5) is 24.2. The molecule has 1 amide bonds. The highest BCUT2D eigenvalue weighted by molar-refractivity contribution is 7.89. The Morgan fingerprint density at radius 3 is 2.39 bits per heavy atom. The molecule has 2 aromatic rings. The van der Waals surface area contributed by atoms with Crippen LogP contribution in [-0.4, -0.2) is 92.3 Å². The van der Waals surface area contributed by atoms with Gasteiger partial charge in [0.1, 0.15) is 0 Å². The summed E-state index contributed by atoms with van der Waals surface area (Å²) in [5, 5.41) is 3.13. The number of carbonyl (C=O) groups excluding carboxylic acids is 1. The minimum absolute atomic E-state index is 0.0803. The van der Waals surface area contributed by atoms with Crippen molar-refractivity contribution >= 4 is 32.4 Å². The van der Waals surface area contributed by atoms with Gasteiger partial charge in [-0.2, -0.15) is 4.31 Å². The van der Waals surface area contributed by atoms with Gasteiger partial charge in [-0.05, 0) is 50.5 Å². The van der Waals surface area contributed by atoms with Crippen molar-refractivity contribution in [2.45, 2.75) is 32.1 Å². The average Bonchev–Trinajstić information content (AvgIpc) is 3.09. The Hall–Kier alpha value is -2.01. The van der Waals surface area contributed by atoms with Crippen LogP contribution in [0.25, 0.3) is 0 Å². The minimum atomic E-state index is -3.54. The fraction of sp³-hybridized carbons (Fsp3) is 0.565. The van der Waals surface area contributed by atoms with E-state index in [1.807, 2.05) is 26.8 Å². The molecule has 3 heterocycles. The van der Waals surface area contributed by atoms with E-state index < -0.39 is 10.0 Å². The largest absolute Gasteiger partial charge is 0.347 e. The number of nitrogens with zero attached hydrogens (tertiary/aromatic N) is 5. The van der Waals surface area contributed by atoms with Gasteiger partial charge in [0.25, 0.3) is 0 Å². The summed E-state index contributed by atoms with van der Waals surface area (Å²) in [7, 11) is -3.54. The molecule has 2 aliphatic heterocycles. The van der Waals surface area contributed by atoms with Crippen LogP contribution >= 0.6 is 11.3 Å². The quantitative estimate of drug-likeness (QED) is 0.638. The molecule has 10 heteroatoms. The van der Waals surface area contributed by atoms with Crippen LogP contribution in [0, 0.1) is 20.8 Å². The Balaban J connectivity index is 1.29. The lowest BCUT2D eigenvalue weighted by molar-refractivity contribution is -0.133. The second-order valence-electron chi connectivity index (χ2n) is 8.92. The fourth-order valence-electron chi connectivity index (χ4n) is 4.30. The Bertz CT molecular complexity index is 1090. The smallest absolute Gasteiger partial charge is 0.243 e. The van der Waals surface area contributed by atoms with Crippen molar-refractivity contribution in [3.63, 3.8) is 0 Å². The van der Waals surface area contributed by atoms with Crippen molar-refractivity contribution < 1.29 is 13.2 Å². The lowest BCUT2D eigenvalue weighted by atomic mass is 10.1. The fourth-order valence-corrected chi connectivity index (χ4v) is 6.66. The summed E-state index contributed by atoms with van der Waals surface area (Å²) >= 11 is 1.67. The first kappa shape index (κ1) is 24.1. The van der Waals surface area contributed by atoms with E-state index in [-0.39, 0.29) is 5.91 Å². The molecule has 0 bridgehead atoms. The topological polar surface area (TPSA) is 77.1 Å². The maximum absolute atomic E-state index is 13.0. The number of thiazole rings is 1. The van der Waals surface area contributed by atoms with Crippen molar-refractivity contribution in [3.05, 3.63) is 40.4 Å². The third-order valence-corrected chi connectivity index (χ3v) is 9.45. The minimum Gasteiger partial charge on any atom is -0.347 e. The number of amides is 1. The molecule has 1 aromatic heterocycles. The number of piperazine rings is 1. The molecule has 0 aliphatic carbocycles. The predicted molar refractivity (Wildman–Crippen MR) is 131 cm³/mol. The number of aromatic nitrogens is 1. The van der Waals surface area contributed by atoms with Gasteiger partial charge >= 0.3 is 0 Å². The summed E-state index contributed by atoms with van der Waals surface area (Å²) in [6, 6.07) is 5.25. The first-order valence-electron chi connectivity index (χ1n) is 11.5. The van der Waals surface area contributed by atoms with Gasteiger partial charge in [0.2, 0.25) is 15.9 Å². The molecule has 8 nitrogen and oxygen atoms in total. The molecule has 2 fully saturated rings. The number of sulfonamides is 1. The van der Waals surface area contributed by atoms with Crippen LogP contribution in [0.1, 0.15) is 23.2 Å². The lowest BCUT2D eigenvalue weighted by Crippen LogP contribution is -2.52. The first-order chi connectivity index (χ1) is 15.7. The summed E-state index contributed by atoms with van der Waals surface area (Å²) < 4.78 is 27.6. The molecule has 2 aliphatic rings. The van der Waals surface area contributed by atoms with Gasteiger partial charge in [0, 0.05) is 57.7 Å². The van der Waals surface area contributed by atoms with E-state index in [0.717, 1.165) is 54.6 Å². The standard InChI is InChI=1S/C23H33N5O3S2/c1-18-5-6-21(15-19(18)2)33(30,31)28-13-11-26(12-14-28)22(29)16-25-7-4-8-27(10-9-25)23-24-20(3)17-32-23/h5-6,15,17H,4,7-14,16H2,1-3H3. The van der Waals surface area contributed by atoms with Gasteiger partial charge in [0.15, 0.2) is 5.13 Å². The van der Waals surface area contributed by atoms with Crippen molar-refractivity contribution in [2.75, 3.05) is 63.8 Å². The van der Waals surface area contributed by atoms with Crippen LogP contribution in [0.4, 0.5) is 5.13 Å². The van der Waals surface area contributed by atoms with Crippen molar-refractivity contribution in [3.8, 4) is 0 Å². The molecule has 1 aromatic carbocycles. The summed E-state index contributed by atoms with van der Waals surface area (Å²) in [5.41, 5.74) is 3.08. The van der Waals surface area contributed by atoms with E-state index in [1.165, 1.54) is 4.31 Å². The van der Waals surface area contributed by atoms with E-state index in [2.05, 4.69) is 20.2 Å².